The van der Waals surface area contributed by atoms with Gasteiger partial charge in [0.25, 0.3) is 0 Å². The van der Waals surface area contributed by atoms with Crippen molar-refractivity contribution in [1.29, 1.82) is 0 Å². The Labute approximate surface area is 137 Å². The molecule has 0 radical (unpaired) electrons. The number of unbranched alkanes of at least 4 members (excludes halogenated alkanes) is 6. The van der Waals surface area contributed by atoms with Crippen LogP contribution in [0.5, 0.6) is 5.75 Å². The molecule has 1 rings (SSSR count). The van der Waals surface area contributed by atoms with E-state index in [1.807, 2.05) is 6.07 Å². The first-order chi connectivity index (χ1) is 10.8. The van der Waals surface area contributed by atoms with E-state index in [-0.39, 0.29) is 0 Å². The van der Waals surface area contributed by atoms with E-state index < -0.39 is 0 Å². The summed E-state index contributed by atoms with van der Waals surface area (Å²) in [6.07, 6.45) is 10.7. The van der Waals surface area contributed by atoms with Crippen molar-refractivity contribution in [2.24, 2.45) is 0 Å². The molecular formula is C20H35NO. The zero-order valence-corrected chi connectivity index (χ0v) is 14.9. The molecule has 0 heterocycles. The quantitative estimate of drug-likeness (QED) is 0.436. The van der Waals surface area contributed by atoms with Gasteiger partial charge in [0.1, 0.15) is 5.75 Å². The lowest BCUT2D eigenvalue weighted by atomic mass is 10.1. The molecule has 0 N–H and O–H groups in total. The van der Waals surface area contributed by atoms with Gasteiger partial charge in [-0.25, -0.2) is 0 Å². The predicted molar refractivity (Wildman–Crippen MR) is 96.6 cm³/mol. The third-order valence-electron chi connectivity index (χ3n) is 4.20. The monoisotopic (exact) mass is 305 g/mol. The lowest BCUT2D eigenvalue weighted by Gasteiger charge is -2.22. The molecule has 2 nitrogen and oxygen atoms in total. The van der Waals surface area contributed by atoms with Gasteiger partial charge in [0.15, 0.2) is 0 Å². The van der Waals surface area contributed by atoms with Crippen molar-refractivity contribution in [2.45, 2.75) is 71.8 Å². The molecule has 0 fully saturated rings. The number of hydrogen-bond acceptors (Lipinski definition) is 2. The maximum Gasteiger partial charge on any atom is 0.119 e. The molecule has 0 aromatic heterocycles. The molecule has 0 saturated carbocycles. The van der Waals surface area contributed by atoms with Gasteiger partial charge in [-0.05, 0) is 43.6 Å². The molecule has 0 bridgehead atoms. The van der Waals surface area contributed by atoms with E-state index in [0.717, 1.165) is 12.3 Å². The minimum Gasteiger partial charge on any atom is -0.497 e. The highest BCUT2D eigenvalue weighted by Crippen LogP contribution is 2.15. The molecule has 0 aliphatic heterocycles. The van der Waals surface area contributed by atoms with Crippen LogP contribution in [0.25, 0.3) is 0 Å². The molecule has 2 heteroatoms. The summed E-state index contributed by atoms with van der Waals surface area (Å²) in [5.74, 6) is 0.967. The van der Waals surface area contributed by atoms with Crippen LogP contribution in [-0.2, 0) is 6.54 Å². The molecule has 0 amide bonds. The number of nitrogens with zero attached hydrogens (tertiary/aromatic N) is 1. The molecule has 1 aromatic carbocycles. The third kappa shape index (κ3) is 8.43. The highest BCUT2D eigenvalue weighted by molar-refractivity contribution is 5.28. The average molecular weight is 306 g/mol. The van der Waals surface area contributed by atoms with Gasteiger partial charge in [-0.2, -0.15) is 0 Å². The maximum atomic E-state index is 5.34. The van der Waals surface area contributed by atoms with Gasteiger partial charge in [0.2, 0.25) is 0 Å². The zero-order chi connectivity index (χ0) is 16.0. The van der Waals surface area contributed by atoms with Crippen LogP contribution in [0.3, 0.4) is 0 Å². The highest BCUT2D eigenvalue weighted by atomic mass is 16.5. The minimum absolute atomic E-state index is 0.967. The highest BCUT2D eigenvalue weighted by Gasteiger charge is 2.06. The second kappa shape index (κ2) is 12.5. The molecule has 0 saturated heterocycles. The zero-order valence-electron chi connectivity index (χ0n) is 14.9. The van der Waals surface area contributed by atoms with Crippen LogP contribution in [0.1, 0.15) is 70.8 Å². The van der Waals surface area contributed by atoms with Gasteiger partial charge >= 0.3 is 0 Å². The topological polar surface area (TPSA) is 12.5 Å². The Morgan fingerprint density at radius 2 is 1.50 bits per heavy atom. The van der Waals surface area contributed by atoms with Crippen LogP contribution in [0.4, 0.5) is 0 Å². The van der Waals surface area contributed by atoms with Gasteiger partial charge in [-0.3, -0.25) is 4.90 Å². The normalized spacial score (nSPS) is 11.1. The number of ether oxygens (including phenoxy) is 1. The van der Waals surface area contributed by atoms with Gasteiger partial charge < -0.3 is 4.74 Å². The molecule has 0 spiro atoms. The van der Waals surface area contributed by atoms with Crippen molar-refractivity contribution < 1.29 is 4.74 Å². The number of hydrogen-bond donors (Lipinski definition) is 0. The fourth-order valence-corrected chi connectivity index (χ4v) is 2.82. The largest absolute Gasteiger partial charge is 0.497 e. The molecule has 0 atom stereocenters. The fraction of sp³-hybridized carbons (Fsp3) is 0.700. The summed E-state index contributed by atoms with van der Waals surface area (Å²) >= 11 is 0. The molecule has 0 unspecified atom stereocenters. The Morgan fingerprint density at radius 3 is 2.05 bits per heavy atom. The Bertz CT molecular complexity index is 366. The van der Waals surface area contributed by atoms with E-state index in [0.29, 0.717) is 0 Å². The lowest BCUT2D eigenvalue weighted by molar-refractivity contribution is 0.252. The average Bonchev–Trinajstić information content (AvgIpc) is 2.55. The summed E-state index contributed by atoms with van der Waals surface area (Å²) in [5.41, 5.74) is 1.37. The van der Waals surface area contributed by atoms with Crippen molar-refractivity contribution in [2.75, 3.05) is 20.2 Å². The summed E-state index contributed by atoms with van der Waals surface area (Å²) < 4.78 is 5.34. The van der Waals surface area contributed by atoms with Crippen LogP contribution >= 0.6 is 0 Å². The molecule has 0 aliphatic carbocycles. The van der Waals surface area contributed by atoms with Crippen LogP contribution in [0.15, 0.2) is 24.3 Å². The van der Waals surface area contributed by atoms with Crippen LogP contribution in [0, 0.1) is 0 Å². The Morgan fingerprint density at radius 1 is 0.864 bits per heavy atom. The summed E-state index contributed by atoms with van der Waals surface area (Å²) in [6.45, 7) is 8.06. The van der Waals surface area contributed by atoms with Gasteiger partial charge in [0.05, 0.1) is 7.11 Å². The Hall–Kier alpha value is -1.02. The van der Waals surface area contributed by atoms with E-state index in [1.165, 1.54) is 70.0 Å². The molecule has 1 aromatic rings. The molecule has 22 heavy (non-hydrogen) atoms. The summed E-state index contributed by atoms with van der Waals surface area (Å²) in [4.78, 5) is 2.63. The minimum atomic E-state index is 0.967. The standard InChI is InChI=1S/C20H35NO/c1-4-6-8-10-15-21(16-11-9-7-5-2)18-19-13-12-14-20(17-19)22-3/h12-14,17H,4-11,15-16,18H2,1-3H3. The first kappa shape index (κ1) is 19.0. The van der Waals surface area contributed by atoms with Gasteiger partial charge in [0, 0.05) is 6.54 Å². The summed E-state index contributed by atoms with van der Waals surface area (Å²) in [7, 11) is 1.74. The maximum absolute atomic E-state index is 5.34. The summed E-state index contributed by atoms with van der Waals surface area (Å²) in [6, 6.07) is 8.51. The molecule has 126 valence electrons. The van der Waals surface area contributed by atoms with Crippen molar-refractivity contribution in [1.82, 2.24) is 4.90 Å². The van der Waals surface area contributed by atoms with E-state index in [1.54, 1.807) is 7.11 Å². The van der Waals surface area contributed by atoms with Gasteiger partial charge in [-0.15, -0.1) is 0 Å². The first-order valence-electron chi connectivity index (χ1n) is 9.15. The van der Waals surface area contributed by atoms with E-state index in [9.17, 15) is 0 Å². The van der Waals surface area contributed by atoms with E-state index in [4.69, 9.17) is 4.74 Å². The fourth-order valence-electron chi connectivity index (χ4n) is 2.82. The predicted octanol–water partition coefficient (Wildman–Crippen LogP) is 5.66. The third-order valence-corrected chi connectivity index (χ3v) is 4.20. The second-order valence-electron chi connectivity index (χ2n) is 6.25. The lowest BCUT2D eigenvalue weighted by Crippen LogP contribution is -2.25. The first-order valence-corrected chi connectivity index (χ1v) is 9.15. The van der Waals surface area contributed by atoms with Crippen LogP contribution < -0.4 is 4.74 Å². The number of rotatable bonds is 13. The Kier molecular flexibility index (Phi) is 10.8. The Balaban J connectivity index is 2.47. The molecular weight excluding hydrogens is 270 g/mol. The van der Waals surface area contributed by atoms with Crippen molar-refractivity contribution >= 4 is 0 Å². The van der Waals surface area contributed by atoms with Crippen molar-refractivity contribution in [3.63, 3.8) is 0 Å². The van der Waals surface area contributed by atoms with Crippen molar-refractivity contribution in [3.05, 3.63) is 29.8 Å². The van der Waals surface area contributed by atoms with E-state index >= 15 is 0 Å². The smallest absolute Gasteiger partial charge is 0.119 e. The van der Waals surface area contributed by atoms with Crippen LogP contribution in [0.2, 0.25) is 0 Å². The SMILES string of the molecule is CCCCCCN(CCCCCC)Cc1cccc(OC)c1. The van der Waals surface area contributed by atoms with Crippen LogP contribution in [-0.4, -0.2) is 25.1 Å². The summed E-state index contributed by atoms with van der Waals surface area (Å²) in [5, 5.41) is 0. The molecule has 0 aliphatic rings. The van der Waals surface area contributed by atoms with Gasteiger partial charge in [-0.1, -0.05) is 64.5 Å². The second-order valence-corrected chi connectivity index (χ2v) is 6.25. The van der Waals surface area contributed by atoms with Crippen molar-refractivity contribution in [3.8, 4) is 5.75 Å². The number of methoxy groups -OCH3 is 1. The number of benzene rings is 1. The van der Waals surface area contributed by atoms with E-state index in [2.05, 4.69) is 36.9 Å².